The van der Waals surface area contributed by atoms with Crippen LogP contribution in [0.2, 0.25) is 0 Å². The van der Waals surface area contributed by atoms with Crippen LogP contribution in [-0.2, 0) is 4.74 Å². The maximum atomic E-state index is 5.47. The number of morpholine rings is 1. The molecular formula is C7H11N3O. The number of hydrogen-bond donors (Lipinski definition) is 2. The molecule has 1 fully saturated rings. The summed E-state index contributed by atoms with van der Waals surface area (Å²) >= 11 is 0. The highest BCUT2D eigenvalue weighted by Gasteiger charge is 2.16. The van der Waals surface area contributed by atoms with Crippen LogP contribution in [-0.4, -0.2) is 29.7 Å². The predicted molar refractivity (Wildman–Crippen MR) is 40.2 cm³/mol. The standard InChI is InChI=1S/C7H11N3O/c1-2-10-7(9-1)6-5-8-3-4-11-6/h1-2,6,8H,3-5H2,(H,9,10)/t6-/m1/s1. The first-order valence-corrected chi connectivity index (χ1v) is 3.78. The fraction of sp³-hybridized carbons (Fsp3) is 0.571. The van der Waals surface area contributed by atoms with Crippen molar-refractivity contribution in [3.8, 4) is 0 Å². The summed E-state index contributed by atoms with van der Waals surface area (Å²) < 4.78 is 5.47. The van der Waals surface area contributed by atoms with E-state index in [1.165, 1.54) is 0 Å². The Hall–Kier alpha value is -0.870. The van der Waals surface area contributed by atoms with Crippen molar-refractivity contribution < 1.29 is 4.74 Å². The van der Waals surface area contributed by atoms with E-state index in [-0.39, 0.29) is 6.10 Å². The van der Waals surface area contributed by atoms with E-state index < -0.39 is 0 Å². The predicted octanol–water partition coefficient (Wildman–Crippen LogP) is 0.0706. The quantitative estimate of drug-likeness (QED) is 0.600. The molecule has 2 rings (SSSR count). The zero-order valence-electron chi connectivity index (χ0n) is 6.21. The van der Waals surface area contributed by atoms with Gasteiger partial charge in [-0.05, 0) is 0 Å². The van der Waals surface area contributed by atoms with Crippen LogP contribution in [0.25, 0.3) is 0 Å². The molecule has 0 bridgehead atoms. The number of rotatable bonds is 1. The molecule has 2 N–H and O–H groups in total. The summed E-state index contributed by atoms with van der Waals surface area (Å²) in [7, 11) is 0. The fourth-order valence-corrected chi connectivity index (χ4v) is 1.19. The molecule has 4 heteroatoms. The molecule has 0 unspecified atom stereocenters. The Labute approximate surface area is 65.0 Å². The average Bonchev–Trinajstić information content (AvgIpc) is 2.58. The highest BCUT2D eigenvalue weighted by atomic mass is 16.5. The summed E-state index contributed by atoms with van der Waals surface area (Å²) in [5.41, 5.74) is 0. The molecule has 0 aliphatic carbocycles. The Morgan fingerprint density at radius 2 is 2.64 bits per heavy atom. The van der Waals surface area contributed by atoms with Crippen LogP contribution in [0.3, 0.4) is 0 Å². The number of aromatic amines is 1. The lowest BCUT2D eigenvalue weighted by atomic mass is 10.3. The Bertz CT molecular complexity index is 203. The molecule has 60 valence electrons. The van der Waals surface area contributed by atoms with Gasteiger partial charge in [0.15, 0.2) is 0 Å². The van der Waals surface area contributed by atoms with E-state index in [1.807, 2.05) is 6.20 Å². The highest BCUT2D eigenvalue weighted by molar-refractivity contribution is 4.94. The summed E-state index contributed by atoms with van der Waals surface area (Å²) in [5, 5.41) is 3.24. The summed E-state index contributed by atoms with van der Waals surface area (Å²) in [6, 6.07) is 0. The Kier molecular flexibility index (Phi) is 1.87. The number of aromatic nitrogens is 2. The summed E-state index contributed by atoms with van der Waals surface area (Å²) in [6.45, 7) is 2.57. The molecule has 1 aromatic heterocycles. The lowest BCUT2D eigenvalue weighted by Crippen LogP contribution is -2.33. The topological polar surface area (TPSA) is 49.9 Å². The lowest BCUT2D eigenvalue weighted by Gasteiger charge is -2.21. The van der Waals surface area contributed by atoms with Gasteiger partial charge >= 0.3 is 0 Å². The van der Waals surface area contributed by atoms with Crippen LogP contribution in [0.4, 0.5) is 0 Å². The number of nitrogens with zero attached hydrogens (tertiary/aromatic N) is 1. The molecule has 1 atom stereocenters. The number of ether oxygens (including phenoxy) is 1. The van der Waals surface area contributed by atoms with Crippen molar-refractivity contribution in [2.75, 3.05) is 19.7 Å². The molecule has 1 aromatic rings. The van der Waals surface area contributed by atoms with Gasteiger partial charge < -0.3 is 15.0 Å². The molecule has 0 radical (unpaired) electrons. The van der Waals surface area contributed by atoms with Gasteiger partial charge in [0.1, 0.15) is 11.9 Å². The van der Waals surface area contributed by atoms with E-state index in [1.54, 1.807) is 6.20 Å². The first-order valence-electron chi connectivity index (χ1n) is 3.78. The average molecular weight is 153 g/mol. The second kappa shape index (κ2) is 3.02. The molecule has 1 aliphatic heterocycles. The Balaban J connectivity index is 2.04. The third kappa shape index (κ3) is 1.41. The van der Waals surface area contributed by atoms with E-state index in [9.17, 15) is 0 Å². The zero-order chi connectivity index (χ0) is 7.52. The molecule has 11 heavy (non-hydrogen) atoms. The van der Waals surface area contributed by atoms with Crippen molar-refractivity contribution in [2.45, 2.75) is 6.10 Å². The largest absolute Gasteiger partial charge is 0.368 e. The van der Waals surface area contributed by atoms with Gasteiger partial charge in [0, 0.05) is 25.5 Å². The van der Waals surface area contributed by atoms with Gasteiger partial charge in [-0.25, -0.2) is 4.98 Å². The van der Waals surface area contributed by atoms with Crippen molar-refractivity contribution in [2.24, 2.45) is 0 Å². The minimum absolute atomic E-state index is 0.110. The highest BCUT2D eigenvalue weighted by Crippen LogP contribution is 2.12. The van der Waals surface area contributed by atoms with Gasteiger partial charge in [-0.2, -0.15) is 0 Å². The van der Waals surface area contributed by atoms with E-state index in [4.69, 9.17) is 4.74 Å². The summed E-state index contributed by atoms with van der Waals surface area (Å²) in [5.74, 6) is 0.914. The van der Waals surface area contributed by atoms with E-state index in [2.05, 4.69) is 15.3 Å². The van der Waals surface area contributed by atoms with Gasteiger partial charge in [0.05, 0.1) is 6.61 Å². The maximum absolute atomic E-state index is 5.47. The number of hydrogen-bond acceptors (Lipinski definition) is 3. The van der Waals surface area contributed by atoms with Gasteiger partial charge in [-0.3, -0.25) is 0 Å². The molecule has 0 saturated carbocycles. The van der Waals surface area contributed by atoms with Crippen molar-refractivity contribution in [1.82, 2.24) is 15.3 Å². The Morgan fingerprint density at radius 1 is 1.64 bits per heavy atom. The molecular weight excluding hydrogens is 142 g/mol. The van der Waals surface area contributed by atoms with Crippen LogP contribution >= 0.6 is 0 Å². The molecule has 2 heterocycles. The van der Waals surface area contributed by atoms with E-state index in [0.717, 1.165) is 25.5 Å². The second-order valence-corrected chi connectivity index (χ2v) is 2.54. The fourth-order valence-electron chi connectivity index (χ4n) is 1.19. The first-order chi connectivity index (χ1) is 5.47. The minimum Gasteiger partial charge on any atom is -0.368 e. The van der Waals surface area contributed by atoms with Crippen LogP contribution in [0.5, 0.6) is 0 Å². The second-order valence-electron chi connectivity index (χ2n) is 2.54. The van der Waals surface area contributed by atoms with Gasteiger partial charge in [-0.1, -0.05) is 0 Å². The smallest absolute Gasteiger partial charge is 0.136 e. The number of H-pyrrole nitrogens is 1. The molecule has 4 nitrogen and oxygen atoms in total. The van der Waals surface area contributed by atoms with Gasteiger partial charge in [-0.15, -0.1) is 0 Å². The van der Waals surface area contributed by atoms with Crippen molar-refractivity contribution in [3.63, 3.8) is 0 Å². The SMILES string of the molecule is c1c[nH]c([C@H]2CNCCO2)n1. The van der Waals surface area contributed by atoms with Crippen LogP contribution in [0.15, 0.2) is 12.4 Å². The third-order valence-electron chi connectivity index (χ3n) is 1.75. The van der Waals surface area contributed by atoms with E-state index in [0.29, 0.717) is 0 Å². The van der Waals surface area contributed by atoms with Crippen LogP contribution in [0.1, 0.15) is 11.9 Å². The molecule has 1 saturated heterocycles. The molecule has 0 amide bonds. The van der Waals surface area contributed by atoms with Gasteiger partial charge in [0.25, 0.3) is 0 Å². The normalized spacial score (nSPS) is 25.3. The maximum Gasteiger partial charge on any atom is 0.136 e. The third-order valence-corrected chi connectivity index (χ3v) is 1.75. The Morgan fingerprint density at radius 3 is 3.27 bits per heavy atom. The van der Waals surface area contributed by atoms with Crippen LogP contribution < -0.4 is 5.32 Å². The lowest BCUT2D eigenvalue weighted by molar-refractivity contribution is 0.0226. The first kappa shape index (κ1) is 6.82. The molecule has 0 aromatic carbocycles. The number of imidazole rings is 1. The monoisotopic (exact) mass is 153 g/mol. The van der Waals surface area contributed by atoms with Crippen molar-refractivity contribution >= 4 is 0 Å². The number of nitrogens with one attached hydrogen (secondary N) is 2. The summed E-state index contributed by atoms with van der Waals surface area (Å²) in [6.07, 6.45) is 3.67. The van der Waals surface area contributed by atoms with Crippen LogP contribution in [0, 0.1) is 0 Å². The van der Waals surface area contributed by atoms with Crippen molar-refractivity contribution in [1.29, 1.82) is 0 Å². The zero-order valence-corrected chi connectivity index (χ0v) is 6.21. The molecule has 1 aliphatic rings. The van der Waals surface area contributed by atoms with Crippen molar-refractivity contribution in [3.05, 3.63) is 18.2 Å². The minimum atomic E-state index is 0.110. The van der Waals surface area contributed by atoms with Gasteiger partial charge in [0.2, 0.25) is 0 Å². The summed E-state index contributed by atoms with van der Waals surface area (Å²) in [4.78, 5) is 7.15. The molecule has 0 spiro atoms. The van der Waals surface area contributed by atoms with E-state index >= 15 is 0 Å².